The molecule has 0 spiro atoms. The lowest BCUT2D eigenvalue weighted by molar-refractivity contribution is 0.363. The maximum Gasteiger partial charge on any atom is 0.178 e. The average molecular weight is 298 g/mol. The van der Waals surface area contributed by atoms with Crippen molar-refractivity contribution < 1.29 is 8.42 Å². The highest BCUT2D eigenvalue weighted by Gasteiger charge is 2.62. The fraction of sp³-hybridized carbons (Fsp3) is 0.250. The van der Waals surface area contributed by atoms with Crippen LogP contribution < -0.4 is 0 Å². The van der Waals surface area contributed by atoms with Gasteiger partial charge in [0.15, 0.2) is 15.2 Å². The zero-order valence-electron chi connectivity index (χ0n) is 11.3. The normalized spacial score (nSPS) is 27.8. The Hall–Kier alpha value is -2.01. The minimum Gasteiger partial charge on any atom is -0.227 e. The first-order valence-electron chi connectivity index (χ1n) is 6.89. The van der Waals surface area contributed by atoms with Gasteiger partial charge in [0, 0.05) is 5.92 Å². The first kappa shape index (κ1) is 12.7. The summed E-state index contributed by atoms with van der Waals surface area (Å²) in [6, 6.07) is 19.7. The SMILES string of the molecule is O=S1(=O)CC2C1N=NC2(c1ccccc1)c1ccccc1. The summed E-state index contributed by atoms with van der Waals surface area (Å²) >= 11 is 0. The van der Waals surface area contributed by atoms with Crippen LogP contribution in [0.15, 0.2) is 70.9 Å². The molecule has 2 aromatic carbocycles. The van der Waals surface area contributed by atoms with Crippen molar-refractivity contribution >= 4 is 9.84 Å². The summed E-state index contributed by atoms with van der Waals surface area (Å²) in [5.41, 5.74) is 1.34. The van der Waals surface area contributed by atoms with Crippen LogP contribution in [0.25, 0.3) is 0 Å². The fourth-order valence-corrected chi connectivity index (χ4v) is 5.10. The molecule has 0 saturated carbocycles. The zero-order valence-corrected chi connectivity index (χ0v) is 12.1. The van der Waals surface area contributed by atoms with Gasteiger partial charge in [0.05, 0.1) is 5.75 Å². The maximum atomic E-state index is 11.9. The van der Waals surface area contributed by atoms with Crippen LogP contribution in [-0.2, 0) is 15.4 Å². The summed E-state index contributed by atoms with van der Waals surface area (Å²) in [7, 11) is -3.11. The number of nitrogens with zero attached hydrogens (tertiary/aromatic N) is 2. The second-order valence-corrected chi connectivity index (χ2v) is 7.68. The van der Waals surface area contributed by atoms with Crippen molar-refractivity contribution in [1.29, 1.82) is 0 Å². The number of fused-ring (bicyclic) bond motifs is 1. The molecule has 4 rings (SSSR count). The highest BCUT2D eigenvalue weighted by molar-refractivity contribution is 7.93. The van der Waals surface area contributed by atoms with Crippen molar-refractivity contribution in [2.45, 2.75) is 10.9 Å². The molecule has 106 valence electrons. The van der Waals surface area contributed by atoms with E-state index in [-0.39, 0.29) is 11.7 Å². The summed E-state index contributed by atoms with van der Waals surface area (Å²) in [6.07, 6.45) is 0. The van der Waals surface area contributed by atoms with Crippen molar-refractivity contribution in [1.82, 2.24) is 0 Å². The van der Waals surface area contributed by atoms with Gasteiger partial charge >= 0.3 is 0 Å². The van der Waals surface area contributed by atoms with Crippen LogP contribution >= 0.6 is 0 Å². The Bertz CT molecular complexity index is 761. The van der Waals surface area contributed by atoms with Gasteiger partial charge in [-0.3, -0.25) is 0 Å². The Labute approximate surface area is 123 Å². The molecule has 0 aromatic heterocycles. The van der Waals surface area contributed by atoms with Gasteiger partial charge in [-0.2, -0.15) is 10.2 Å². The topological polar surface area (TPSA) is 58.9 Å². The van der Waals surface area contributed by atoms with E-state index in [0.29, 0.717) is 0 Å². The van der Waals surface area contributed by atoms with Crippen LogP contribution in [-0.4, -0.2) is 19.5 Å². The number of benzene rings is 2. The van der Waals surface area contributed by atoms with E-state index in [2.05, 4.69) is 10.2 Å². The third-order valence-electron chi connectivity index (χ3n) is 4.42. The van der Waals surface area contributed by atoms with Crippen LogP contribution in [0.3, 0.4) is 0 Å². The average Bonchev–Trinajstić information content (AvgIpc) is 2.85. The lowest BCUT2D eigenvalue weighted by Gasteiger charge is -2.39. The minimum absolute atomic E-state index is 0.104. The summed E-state index contributed by atoms with van der Waals surface area (Å²) < 4.78 is 23.8. The number of hydrogen-bond acceptors (Lipinski definition) is 4. The van der Waals surface area contributed by atoms with E-state index in [1.54, 1.807) is 0 Å². The second kappa shape index (κ2) is 4.24. The van der Waals surface area contributed by atoms with E-state index < -0.39 is 20.8 Å². The van der Waals surface area contributed by atoms with Crippen LogP contribution in [0.4, 0.5) is 0 Å². The lowest BCUT2D eigenvalue weighted by atomic mass is 9.74. The molecule has 5 heteroatoms. The molecule has 1 saturated heterocycles. The van der Waals surface area contributed by atoms with E-state index in [1.165, 1.54) is 0 Å². The van der Waals surface area contributed by atoms with Gasteiger partial charge < -0.3 is 0 Å². The monoisotopic (exact) mass is 298 g/mol. The third-order valence-corrected chi connectivity index (χ3v) is 6.40. The van der Waals surface area contributed by atoms with Crippen LogP contribution in [0, 0.1) is 5.92 Å². The highest BCUT2D eigenvalue weighted by atomic mass is 32.2. The molecule has 2 atom stereocenters. The fourth-order valence-electron chi connectivity index (χ4n) is 3.36. The molecule has 2 aliphatic rings. The Kier molecular flexibility index (Phi) is 2.57. The zero-order chi connectivity index (χ0) is 14.5. The molecular weight excluding hydrogens is 284 g/mol. The first-order valence-corrected chi connectivity index (χ1v) is 8.61. The highest BCUT2D eigenvalue weighted by Crippen LogP contribution is 2.53. The standard InChI is InChI=1S/C16H14N2O2S/c19-21(20)11-14-15(21)17-18-16(14,12-7-3-1-4-8-12)13-9-5-2-6-10-13/h1-10,14-15H,11H2. The lowest BCUT2D eigenvalue weighted by Crippen LogP contribution is -2.52. The van der Waals surface area contributed by atoms with Crippen LogP contribution in [0.2, 0.25) is 0 Å². The molecule has 0 radical (unpaired) electrons. The van der Waals surface area contributed by atoms with Gasteiger partial charge in [-0.05, 0) is 11.1 Å². The van der Waals surface area contributed by atoms with E-state index in [9.17, 15) is 8.42 Å². The first-order chi connectivity index (χ1) is 10.1. The molecule has 0 N–H and O–H groups in total. The summed E-state index contributed by atoms with van der Waals surface area (Å²) in [5.74, 6) is 0.0429. The molecule has 2 aromatic rings. The molecule has 4 nitrogen and oxygen atoms in total. The Morgan fingerprint density at radius 2 is 1.43 bits per heavy atom. The third kappa shape index (κ3) is 1.64. The van der Waals surface area contributed by atoms with Gasteiger partial charge in [0.1, 0.15) is 5.54 Å². The number of rotatable bonds is 2. The number of sulfone groups is 1. The van der Waals surface area contributed by atoms with Crippen molar-refractivity contribution in [2.24, 2.45) is 16.1 Å². The number of hydrogen-bond donors (Lipinski definition) is 0. The molecule has 0 aliphatic carbocycles. The minimum atomic E-state index is -3.11. The molecule has 2 heterocycles. The smallest absolute Gasteiger partial charge is 0.178 e. The predicted molar refractivity (Wildman–Crippen MR) is 79.6 cm³/mol. The largest absolute Gasteiger partial charge is 0.227 e. The van der Waals surface area contributed by atoms with Gasteiger partial charge in [-0.1, -0.05) is 60.7 Å². The van der Waals surface area contributed by atoms with E-state index in [4.69, 9.17) is 0 Å². The summed E-state index contributed by atoms with van der Waals surface area (Å²) in [5, 5.41) is 7.89. The van der Waals surface area contributed by atoms with Crippen molar-refractivity contribution in [3.8, 4) is 0 Å². The van der Waals surface area contributed by atoms with E-state index >= 15 is 0 Å². The molecule has 1 fully saturated rings. The number of azo groups is 1. The Morgan fingerprint density at radius 3 is 1.86 bits per heavy atom. The van der Waals surface area contributed by atoms with Gasteiger partial charge in [0.25, 0.3) is 0 Å². The van der Waals surface area contributed by atoms with E-state index in [1.807, 2.05) is 60.7 Å². The Morgan fingerprint density at radius 1 is 0.905 bits per heavy atom. The summed E-state index contributed by atoms with van der Waals surface area (Å²) in [6.45, 7) is 0. The van der Waals surface area contributed by atoms with Gasteiger partial charge in [-0.15, -0.1) is 0 Å². The van der Waals surface area contributed by atoms with Crippen LogP contribution in [0.5, 0.6) is 0 Å². The molecule has 0 amide bonds. The predicted octanol–water partition coefficient (Wildman–Crippen LogP) is 2.77. The maximum absolute atomic E-state index is 11.9. The van der Waals surface area contributed by atoms with Crippen LogP contribution in [0.1, 0.15) is 11.1 Å². The molecular formula is C16H14N2O2S. The second-order valence-electron chi connectivity index (χ2n) is 5.54. The quantitative estimate of drug-likeness (QED) is 0.856. The molecule has 0 bridgehead atoms. The molecule has 2 unspecified atom stereocenters. The van der Waals surface area contributed by atoms with Crippen molar-refractivity contribution in [3.63, 3.8) is 0 Å². The van der Waals surface area contributed by atoms with Crippen molar-refractivity contribution in [2.75, 3.05) is 5.75 Å². The Balaban J connectivity index is 1.93. The van der Waals surface area contributed by atoms with E-state index in [0.717, 1.165) is 11.1 Å². The molecule has 2 aliphatic heterocycles. The van der Waals surface area contributed by atoms with Crippen molar-refractivity contribution in [3.05, 3.63) is 71.8 Å². The summed E-state index contributed by atoms with van der Waals surface area (Å²) in [4.78, 5) is 0. The molecule has 21 heavy (non-hydrogen) atoms. The van der Waals surface area contributed by atoms with Gasteiger partial charge in [-0.25, -0.2) is 8.42 Å². The van der Waals surface area contributed by atoms with Gasteiger partial charge in [0.2, 0.25) is 0 Å².